The summed E-state index contributed by atoms with van der Waals surface area (Å²) in [4.78, 5) is 16.0. The highest BCUT2D eigenvalue weighted by molar-refractivity contribution is 7.25. The van der Waals surface area contributed by atoms with Crippen molar-refractivity contribution >= 4 is 118 Å². The number of fused-ring (bicyclic) bond motifs is 14. The van der Waals surface area contributed by atoms with E-state index in [1.165, 1.54) is 47.1 Å². The minimum atomic E-state index is 0.556. The summed E-state index contributed by atoms with van der Waals surface area (Å²) < 4.78 is 12.1. The van der Waals surface area contributed by atoms with Crippen LogP contribution in [0.3, 0.4) is 0 Å². The Hall–Kier alpha value is -8.71. The van der Waals surface area contributed by atoms with E-state index in [9.17, 15) is 0 Å². The van der Waals surface area contributed by atoms with Gasteiger partial charge in [-0.1, -0.05) is 152 Å². The summed E-state index contributed by atoms with van der Waals surface area (Å²) >= 11 is 1.79. The first-order chi connectivity index (χ1) is 33.2. The van der Waals surface area contributed by atoms with Crippen molar-refractivity contribution in [3.8, 4) is 39.9 Å². The maximum atomic E-state index is 7.20. The number of aromatic nitrogens is 4. The van der Waals surface area contributed by atoms with Crippen LogP contribution >= 0.6 is 11.3 Å². The summed E-state index contributed by atoms with van der Waals surface area (Å²) in [5.74, 6) is 1.78. The molecule has 310 valence electrons. The molecule has 6 heteroatoms. The van der Waals surface area contributed by atoms with Gasteiger partial charge in [0.25, 0.3) is 0 Å². The van der Waals surface area contributed by atoms with Gasteiger partial charge in [0.05, 0.1) is 22.3 Å². The number of hydrogen-bond acceptors (Lipinski definition) is 5. The molecule has 0 saturated heterocycles. The van der Waals surface area contributed by atoms with Crippen LogP contribution in [0, 0.1) is 0 Å². The molecule has 0 fully saturated rings. The number of thiophene rings is 1. The number of hydrogen-bond donors (Lipinski definition) is 0. The monoisotopic (exact) mass is 870 g/mol. The van der Waals surface area contributed by atoms with Crippen molar-refractivity contribution < 1.29 is 4.42 Å². The molecule has 0 atom stereocenters. The second-order valence-electron chi connectivity index (χ2n) is 17.5. The fraction of sp³-hybridized carbons (Fsp3) is 0. The Kier molecular flexibility index (Phi) is 7.59. The Bertz CT molecular complexity index is 4500. The zero-order valence-electron chi connectivity index (χ0n) is 35.7. The molecule has 4 aromatic heterocycles. The van der Waals surface area contributed by atoms with Gasteiger partial charge in [0.2, 0.25) is 0 Å². The summed E-state index contributed by atoms with van der Waals surface area (Å²) in [5.41, 5.74) is 7.60. The topological polar surface area (TPSA) is 56.7 Å². The third kappa shape index (κ3) is 5.45. The van der Waals surface area contributed by atoms with Gasteiger partial charge in [-0.25, -0.2) is 15.0 Å². The molecule has 0 spiro atoms. The van der Waals surface area contributed by atoms with E-state index < -0.39 is 0 Å². The van der Waals surface area contributed by atoms with E-state index in [0.29, 0.717) is 17.5 Å². The second-order valence-corrected chi connectivity index (χ2v) is 18.6. The quantitative estimate of drug-likeness (QED) is 0.177. The molecular weight excluding hydrogens is 837 g/mol. The Morgan fingerprint density at radius 1 is 0.358 bits per heavy atom. The van der Waals surface area contributed by atoms with Crippen LogP contribution in [-0.4, -0.2) is 19.5 Å². The highest BCUT2D eigenvalue weighted by Gasteiger charge is 2.23. The first kappa shape index (κ1) is 36.6. The van der Waals surface area contributed by atoms with Crippen molar-refractivity contribution in [1.82, 2.24) is 19.5 Å². The highest BCUT2D eigenvalue weighted by Crippen LogP contribution is 2.45. The van der Waals surface area contributed by atoms with Crippen LogP contribution in [0.25, 0.3) is 147 Å². The summed E-state index contributed by atoms with van der Waals surface area (Å²) in [6.07, 6.45) is 0. The van der Waals surface area contributed by atoms with Crippen molar-refractivity contribution in [3.63, 3.8) is 0 Å². The molecule has 67 heavy (non-hydrogen) atoms. The zero-order chi connectivity index (χ0) is 43.7. The van der Waals surface area contributed by atoms with Crippen molar-refractivity contribution in [2.45, 2.75) is 0 Å². The smallest absolute Gasteiger partial charge is 0.167 e. The van der Waals surface area contributed by atoms with Gasteiger partial charge in [-0.05, 0) is 86.2 Å². The molecular formula is C61H34N4OS. The van der Waals surface area contributed by atoms with Crippen molar-refractivity contribution in [1.29, 1.82) is 0 Å². The molecule has 0 radical (unpaired) electrons. The van der Waals surface area contributed by atoms with Gasteiger partial charge >= 0.3 is 0 Å². The highest BCUT2D eigenvalue weighted by atomic mass is 32.1. The van der Waals surface area contributed by atoms with E-state index >= 15 is 0 Å². The summed E-state index contributed by atoms with van der Waals surface area (Å²) in [7, 11) is 0. The summed E-state index contributed by atoms with van der Waals surface area (Å²) in [6.45, 7) is 0. The molecule has 11 aromatic carbocycles. The zero-order valence-corrected chi connectivity index (χ0v) is 36.6. The lowest BCUT2D eigenvalue weighted by molar-refractivity contribution is 0.669. The van der Waals surface area contributed by atoms with E-state index in [0.717, 1.165) is 82.3 Å². The van der Waals surface area contributed by atoms with Crippen LogP contribution in [0.1, 0.15) is 0 Å². The number of benzene rings is 11. The molecule has 0 N–H and O–H groups in total. The predicted molar refractivity (Wildman–Crippen MR) is 281 cm³/mol. The van der Waals surface area contributed by atoms with E-state index in [2.05, 4.69) is 211 Å². The molecule has 5 nitrogen and oxygen atoms in total. The Morgan fingerprint density at radius 2 is 0.896 bits per heavy atom. The summed E-state index contributed by atoms with van der Waals surface area (Å²) in [5, 5.41) is 16.2. The molecule has 0 unspecified atom stereocenters. The average Bonchev–Trinajstić information content (AvgIpc) is 4.06. The van der Waals surface area contributed by atoms with Crippen LogP contribution in [-0.2, 0) is 0 Å². The first-order valence-corrected chi connectivity index (χ1v) is 23.4. The predicted octanol–water partition coefficient (Wildman–Crippen LogP) is 16.8. The van der Waals surface area contributed by atoms with Crippen LogP contribution < -0.4 is 0 Å². The number of furan rings is 1. The van der Waals surface area contributed by atoms with Crippen LogP contribution in [0.4, 0.5) is 0 Å². The van der Waals surface area contributed by atoms with Gasteiger partial charge in [0.15, 0.2) is 17.5 Å². The third-order valence-corrected chi connectivity index (χ3v) is 14.9. The second kappa shape index (κ2) is 13.9. The Morgan fingerprint density at radius 3 is 1.63 bits per heavy atom. The molecule has 4 heterocycles. The number of nitrogens with zero attached hydrogens (tertiary/aromatic N) is 4. The van der Waals surface area contributed by atoms with E-state index in [1.807, 2.05) is 0 Å². The van der Waals surface area contributed by atoms with Crippen molar-refractivity contribution in [2.24, 2.45) is 0 Å². The van der Waals surface area contributed by atoms with Gasteiger partial charge < -0.3 is 8.98 Å². The van der Waals surface area contributed by atoms with Crippen LogP contribution in [0.15, 0.2) is 211 Å². The Labute approximate surface area is 386 Å². The van der Waals surface area contributed by atoms with E-state index in [-0.39, 0.29) is 0 Å². The summed E-state index contributed by atoms with van der Waals surface area (Å²) in [6, 6.07) is 73.9. The molecule has 0 amide bonds. The van der Waals surface area contributed by atoms with E-state index in [1.54, 1.807) is 11.3 Å². The van der Waals surface area contributed by atoms with Gasteiger partial charge in [-0.2, -0.15) is 0 Å². The minimum absolute atomic E-state index is 0.556. The first-order valence-electron chi connectivity index (χ1n) is 22.6. The Balaban J connectivity index is 1.01. The number of para-hydroxylation sites is 1. The normalized spacial score (nSPS) is 12.2. The van der Waals surface area contributed by atoms with Gasteiger partial charge in [-0.15, -0.1) is 11.3 Å². The van der Waals surface area contributed by atoms with E-state index in [4.69, 9.17) is 19.4 Å². The minimum Gasteiger partial charge on any atom is -0.455 e. The largest absolute Gasteiger partial charge is 0.455 e. The number of rotatable bonds is 4. The lowest BCUT2D eigenvalue weighted by atomic mass is 10.0. The molecule has 0 aliphatic carbocycles. The van der Waals surface area contributed by atoms with Crippen LogP contribution in [0.5, 0.6) is 0 Å². The molecule has 0 saturated carbocycles. The fourth-order valence-electron chi connectivity index (χ4n) is 10.7. The molecule has 15 rings (SSSR count). The van der Waals surface area contributed by atoms with Gasteiger partial charge in [0, 0.05) is 64.3 Å². The standard InChI is InChI=1S/C61H34N4OS/c1-2-14-36-29-41(28-27-35(36)13-1)59-62-60(46-23-12-26-55-57(46)44-21-9-10-25-54(44)67-55)64-61(63-59)47-24-11-22-45-56-43-20-8-7-19-42(43)52(34-53(56)66-58(45)47)65-50-32-39-17-5-3-15-37(39)30-48(50)49-31-38-16-4-6-18-40(38)33-51(49)65/h1-34H. The molecule has 15 aromatic rings. The SMILES string of the molecule is c1ccc2cc(-c3nc(-c4cccc5c4oc4cc(-n6c7cc8ccccc8cc7c7cc8ccccc8cc76)c6ccccc6c45)nc(-c4cccc5sc6ccccc6c45)n3)ccc2c1. The van der Waals surface area contributed by atoms with Gasteiger partial charge in [-0.3, -0.25) is 0 Å². The lowest BCUT2D eigenvalue weighted by Crippen LogP contribution is -2.00. The maximum absolute atomic E-state index is 7.20. The van der Waals surface area contributed by atoms with Gasteiger partial charge in [0.1, 0.15) is 11.2 Å². The van der Waals surface area contributed by atoms with Crippen LogP contribution in [0.2, 0.25) is 0 Å². The van der Waals surface area contributed by atoms with Crippen molar-refractivity contribution in [3.05, 3.63) is 206 Å². The fourth-order valence-corrected chi connectivity index (χ4v) is 11.8. The lowest BCUT2D eigenvalue weighted by Gasteiger charge is -2.13. The maximum Gasteiger partial charge on any atom is 0.167 e. The molecule has 0 aliphatic rings. The van der Waals surface area contributed by atoms with Crippen molar-refractivity contribution in [2.75, 3.05) is 0 Å². The molecule has 0 bridgehead atoms. The molecule has 0 aliphatic heterocycles. The average molecular weight is 871 g/mol. The third-order valence-electron chi connectivity index (χ3n) is 13.8.